The first-order chi connectivity index (χ1) is 10.6. The van der Waals surface area contributed by atoms with Gasteiger partial charge in [-0.2, -0.15) is 0 Å². The van der Waals surface area contributed by atoms with E-state index < -0.39 is 0 Å². The number of amides is 1. The van der Waals surface area contributed by atoms with Crippen LogP contribution in [-0.4, -0.2) is 23.1 Å². The highest BCUT2D eigenvalue weighted by Crippen LogP contribution is 2.42. The van der Waals surface area contributed by atoms with Crippen molar-refractivity contribution in [1.82, 2.24) is 4.90 Å². The third kappa shape index (κ3) is 3.09. The minimum absolute atomic E-state index is 0.124. The summed E-state index contributed by atoms with van der Waals surface area (Å²) in [7, 11) is 0. The smallest absolute Gasteiger partial charge is 0.255 e. The third-order valence-electron chi connectivity index (χ3n) is 3.47. The van der Waals surface area contributed by atoms with Gasteiger partial charge in [0.1, 0.15) is 11.2 Å². The topological polar surface area (TPSA) is 20.3 Å². The Labute approximate surface area is 142 Å². The number of rotatable bonds is 2. The fraction of sp³-hybridized carbons (Fsp3) is 0.188. The lowest BCUT2D eigenvalue weighted by Gasteiger charge is -2.25. The van der Waals surface area contributed by atoms with E-state index in [1.165, 1.54) is 24.3 Å². The number of halogens is 3. The van der Waals surface area contributed by atoms with Gasteiger partial charge in [0.05, 0.1) is 0 Å². The van der Waals surface area contributed by atoms with Crippen LogP contribution in [0.2, 0.25) is 10.0 Å². The van der Waals surface area contributed by atoms with Crippen LogP contribution in [0.15, 0.2) is 42.5 Å². The van der Waals surface area contributed by atoms with Crippen LogP contribution >= 0.6 is 35.0 Å². The van der Waals surface area contributed by atoms with Crippen LogP contribution in [0.3, 0.4) is 0 Å². The van der Waals surface area contributed by atoms with Gasteiger partial charge in [-0.05, 0) is 36.4 Å². The summed E-state index contributed by atoms with van der Waals surface area (Å²) in [5.74, 6) is 0.349. The van der Waals surface area contributed by atoms with Gasteiger partial charge >= 0.3 is 0 Å². The summed E-state index contributed by atoms with van der Waals surface area (Å²) in [6.07, 6.45) is 0. The molecule has 1 aliphatic rings. The van der Waals surface area contributed by atoms with Gasteiger partial charge in [0, 0.05) is 33.5 Å². The van der Waals surface area contributed by atoms with Crippen LogP contribution in [0.5, 0.6) is 0 Å². The molecule has 2 aromatic rings. The quantitative estimate of drug-likeness (QED) is 0.753. The Morgan fingerprint density at radius 3 is 2.59 bits per heavy atom. The minimum Gasteiger partial charge on any atom is -0.322 e. The number of carbonyl (C=O) groups is 1. The first-order valence-corrected chi connectivity index (χ1v) is 8.50. The van der Waals surface area contributed by atoms with E-state index in [2.05, 4.69) is 0 Å². The number of hydrogen-bond acceptors (Lipinski definition) is 2. The molecule has 0 aliphatic carbocycles. The molecule has 0 bridgehead atoms. The van der Waals surface area contributed by atoms with Crippen LogP contribution in [0, 0.1) is 5.82 Å². The number of benzene rings is 2. The molecular weight excluding hydrogens is 344 g/mol. The molecule has 1 amide bonds. The number of carbonyl (C=O) groups excluding carboxylic acids is 1. The molecule has 114 valence electrons. The summed E-state index contributed by atoms with van der Waals surface area (Å²) in [5, 5.41) is 0.958. The van der Waals surface area contributed by atoms with E-state index in [0.29, 0.717) is 22.2 Å². The van der Waals surface area contributed by atoms with Crippen molar-refractivity contribution in [2.75, 3.05) is 12.3 Å². The summed E-state index contributed by atoms with van der Waals surface area (Å²) < 4.78 is 13.0. The third-order valence-corrected chi connectivity index (χ3v) is 5.28. The maximum Gasteiger partial charge on any atom is 0.255 e. The SMILES string of the molecule is O=C(c1ccc(F)cc1)N1CCS[C@@H]1c1ccc(Cl)cc1Cl. The highest BCUT2D eigenvalue weighted by atomic mass is 35.5. The first kappa shape index (κ1) is 15.7. The first-order valence-electron chi connectivity index (χ1n) is 6.69. The lowest BCUT2D eigenvalue weighted by atomic mass is 10.1. The fourth-order valence-corrected chi connectivity index (χ4v) is 4.26. The second-order valence-electron chi connectivity index (χ2n) is 4.89. The van der Waals surface area contributed by atoms with E-state index in [0.717, 1.165) is 11.3 Å². The number of hydrogen-bond donors (Lipinski definition) is 0. The van der Waals surface area contributed by atoms with E-state index in [-0.39, 0.29) is 17.1 Å². The minimum atomic E-state index is -0.357. The van der Waals surface area contributed by atoms with Crippen molar-refractivity contribution >= 4 is 40.9 Å². The summed E-state index contributed by atoms with van der Waals surface area (Å²) in [6.45, 7) is 0.629. The average Bonchev–Trinajstić information content (AvgIpc) is 2.96. The average molecular weight is 356 g/mol. The lowest BCUT2D eigenvalue weighted by molar-refractivity contribution is 0.0760. The molecule has 0 N–H and O–H groups in total. The second-order valence-corrected chi connectivity index (χ2v) is 6.93. The van der Waals surface area contributed by atoms with Crippen molar-refractivity contribution in [2.24, 2.45) is 0 Å². The van der Waals surface area contributed by atoms with Gasteiger partial charge in [0.2, 0.25) is 0 Å². The van der Waals surface area contributed by atoms with Gasteiger partial charge in [-0.15, -0.1) is 11.8 Å². The Bertz CT molecular complexity index is 708. The van der Waals surface area contributed by atoms with Gasteiger partial charge in [-0.3, -0.25) is 4.79 Å². The van der Waals surface area contributed by atoms with Crippen LogP contribution in [0.25, 0.3) is 0 Å². The zero-order valence-corrected chi connectivity index (χ0v) is 13.8. The van der Waals surface area contributed by atoms with Crippen LogP contribution < -0.4 is 0 Å². The van der Waals surface area contributed by atoms with Crippen molar-refractivity contribution in [2.45, 2.75) is 5.37 Å². The van der Waals surface area contributed by atoms with E-state index in [1.807, 2.05) is 6.07 Å². The van der Waals surface area contributed by atoms with Gasteiger partial charge < -0.3 is 4.90 Å². The highest BCUT2D eigenvalue weighted by molar-refractivity contribution is 7.99. The molecule has 1 fully saturated rings. The maximum absolute atomic E-state index is 13.0. The molecule has 1 aliphatic heterocycles. The van der Waals surface area contributed by atoms with Crippen LogP contribution in [-0.2, 0) is 0 Å². The van der Waals surface area contributed by atoms with E-state index in [1.54, 1.807) is 28.8 Å². The fourth-order valence-electron chi connectivity index (χ4n) is 2.40. The van der Waals surface area contributed by atoms with Crippen molar-refractivity contribution in [3.63, 3.8) is 0 Å². The Hall–Kier alpha value is -1.23. The zero-order valence-electron chi connectivity index (χ0n) is 11.4. The maximum atomic E-state index is 13.0. The normalized spacial score (nSPS) is 17.8. The molecule has 22 heavy (non-hydrogen) atoms. The molecule has 0 radical (unpaired) electrons. The second kappa shape index (κ2) is 6.49. The summed E-state index contributed by atoms with van der Waals surface area (Å²) >= 11 is 13.8. The molecular formula is C16H12Cl2FNOS. The van der Waals surface area contributed by atoms with Gasteiger partial charge in [0.15, 0.2) is 0 Å². The molecule has 0 unspecified atom stereocenters. The molecule has 0 saturated carbocycles. The van der Waals surface area contributed by atoms with Crippen molar-refractivity contribution < 1.29 is 9.18 Å². The van der Waals surface area contributed by atoms with Crippen LogP contribution in [0.4, 0.5) is 4.39 Å². The number of nitrogens with zero attached hydrogens (tertiary/aromatic N) is 1. The predicted molar refractivity (Wildman–Crippen MR) is 89.1 cm³/mol. The molecule has 1 atom stereocenters. The molecule has 2 aromatic carbocycles. The monoisotopic (exact) mass is 355 g/mol. The zero-order chi connectivity index (χ0) is 15.7. The van der Waals surface area contributed by atoms with Crippen molar-refractivity contribution in [3.05, 3.63) is 69.5 Å². The molecule has 3 rings (SSSR count). The molecule has 2 nitrogen and oxygen atoms in total. The van der Waals surface area contributed by atoms with Gasteiger partial charge in [-0.25, -0.2) is 4.39 Å². The van der Waals surface area contributed by atoms with E-state index in [4.69, 9.17) is 23.2 Å². The van der Waals surface area contributed by atoms with E-state index >= 15 is 0 Å². The highest BCUT2D eigenvalue weighted by Gasteiger charge is 2.32. The van der Waals surface area contributed by atoms with Crippen LogP contribution in [0.1, 0.15) is 21.3 Å². The van der Waals surface area contributed by atoms with Gasteiger partial charge in [-0.1, -0.05) is 29.3 Å². The standard InChI is InChI=1S/C16H12Cl2FNOS/c17-11-3-6-13(14(18)9-11)16-20(7-8-22-16)15(21)10-1-4-12(19)5-2-10/h1-6,9,16H,7-8H2/t16-/m1/s1. The molecule has 0 aromatic heterocycles. The Morgan fingerprint density at radius 2 is 1.91 bits per heavy atom. The Morgan fingerprint density at radius 1 is 1.18 bits per heavy atom. The Kier molecular flexibility index (Phi) is 4.62. The summed E-state index contributed by atoms with van der Waals surface area (Å²) in [4.78, 5) is 14.4. The molecule has 1 heterocycles. The van der Waals surface area contributed by atoms with E-state index in [9.17, 15) is 9.18 Å². The number of thioether (sulfide) groups is 1. The largest absolute Gasteiger partial charge is 0.322 e. The lowest BCUT2D eigenvalue weighted by Crippen LogP contribution is -2.30. The summed E-state index contributed by atoms with van der Waals surface area (Å²) in [5.41, 5.74) is 1.34. The molecule has 1 saturated heterocycles. The van der Waals surface area contributed by atoms with Crippen molar-refractivity contribution in [1.29, 1.82) is 0 Å². The Balaban J connectivity index is 1.89. The predicted octanol–water partition coefficient (Wildman–Crippen LogP) is 5.02. The summed E-state index contributed by atoms with van der Waals surface area (Å²) in [6, 6.07) is 10.9. The molecule has 0 spiro atoms. The van der Waals surface area contributed by atoms with Crippen molar-refractivity contribution in [3.8, 4) is 0 Å². The van der Waals surface area contributed by atoms with Gasteiger partial charge in [0.25, 0.3) is 5.91 Å². The molecule has 6 heteroatoms.